The normalized spacial score (nSPS) is 14.1. The third-order valence-corrected chi connectivity index (χ3v) is 5.25. The Balaban J connectivity index is 1.69. The number of hydrogen-bond donors (Lipinski definition) is 0. The Labute approximate surface area is 166 Å². The molecule has 6 nitrogen and oxygen atoms in total. The molecular weight excluding hydrogens is 352 g/mol. The molecule has 0 unspecified atom stereocenters. The first-order valence-electron chi connectivity index (χ1n) is 9.81. The summed E-state index contributed by atoms with van der Waals surface area (Å²) in [4.78, 5) is 35.3. The van der Waals surface area contributed by atoms with E-state index in [1.807, 2.05) is 48.2 Å². The molecule has 2 amide bonds. The molecular formula is C22H28N4O2. The van der Waals surface area contributed by atoms with E-state index in [0.717, 1.165) is 42.1 Å². The number of nitrogens with zero attached hydrogens (tertiary/aromatic N) is 4. The Hall–Kier alpha value is -2.89. The van der Waals surface area contributed by atoms with Crippen LogP contribution in [0, 0.1) is 6.92 Å². The second-order valence-electron chi connectivity index (χ2n) is 7.10. The predicted molar refractivity (Wildman–Crippen MR) is 112 cm³/mol. The average Bonchev–Trinajstić information content (AvgIpc) is 2.72. The van der Waals surface area contributed by atoms with E-state index in [1.165, 1.54) is 6.92 Å². The van der Waals surface area contributed by atoms with Crippen LogP contribution >= 0.6 is 0 Å². The van der Waals surface area contributed by atoms with Crippen molar-refractivity contribution in [2.75, 3.05) is 42.5 Å². The fraction of sp³-hybridized carbons (Fsp3) is 0.409. The molecule has 1 saturated heterocycles. The lowest BCUT2D eigenvalue weighted by Crippen LogP contribution is -2.52. The zero-order valence-electron chi connectivity index (χ0n) is 16.9. The molecule has 0 N–H and O–H groups in total. The molecule has 2 aromatic rings. The van der Waals surface area contributed by atoms with Crippen LogP contribution in [0.1, 0.15) is 25.0 Å². The molecule has 148 valence electrons. The summed E-state index contributed by atoms with van der Waals surface area (Å²) in [6, 6.07) is 11.9. The van der Waals surface area contributed by atoms with Crippen molar-refractivity contribution in [1.29, 1.82) is 0 Å². The minimum Gasteiger partial charge on any atom is -0.353 e. The number of benzene rings is 1. The summed E-state index contributed by atoms with van der Waals surface area (Å²) in [6.07, 6.45) is 2.60. The van der Waals surface area contributed by atoms with Crippen LogP contribution in [0.25, 0.3) is 0 Å². The van der Waals surface area contributed by atoms with Gasteiger partial charge < -0.3 is 14.7 Å². The fourth-order valence-corrected chi connectivity index (χ4v) is 3.70. The Morgan fingerprint density at radius 2 is 1.82 bits per heavy atom. The number of aromatic nitrogens is 1. The largest absolute Gasteiger partial charge is 0.353 e. The highest BCUT2D eigenvalue weighted by atomic mass is 16.2. The first-order valence-corrected chi connectivity index (χ1v) is 9.81. The second kappa shape index (κ2) is 8.87. The minimum absolute atomic E-state index is 0.0128. The van der Waals surface area contributed by atoms with E-state index in [4.69, 9.17) is 0 Å². The van der Waals surface area contributed by atoms with Crippen molar-refractivity contribution in [1.82, 2.24) is 9.88 Å². The molecule has 28 heavy (non-hydrogen) atoms. The smallest absolute Gasteiger partial charge is 0.242 e. The zero-order chi connectivity index (χ0) is 20.1. The van der Waals surface area contributed by atoms with Crippen molar-refractivity contribution in [2.24, 2.45) is 0 Å². The fourth-order valence-electron chi connectivity index (χ4n) is 3.70. The van der Waals surface area contributed by atoms with Gasteiger partial charge in [-0.2, -0.15) is 0 Å². The van der Waals surface area contributed by atoms with Gasteiger partial charge in [-0.1, -0.05) is 31.2 Å². The van der Waals surface area contributed by atoms with E-state index in [2.05, 4.69) is 16.8 Å². The first-order chi connectivity index (χ1) is 13.5. The molecule has 0 atom stereocenters. The summed E-state index contributed by atoms with van der Waals surface area (Å²) in [7, 11) is 0. The topological polar surface area (TPSA) is 56.8 Å². The predicted octanol–water partition coefficient (Wildman–Crippen LogP) is 2.65. The highest BCUT2D eigenvalue weighted by molar-refractivity contribution is 5.98. The number of rotatable bonds is 5. The molecule has 2 heterocycles. The van der Waals surface area contributed by atoms with E-state index in [9.17, 15) is 9.59 Å². The van der Waals surface area contributed by atoms with Gasteiger partial charge in [-0.15, -0.1) is 0 Å². The summed E-state index contributed by atoms with van der Waals surface area (Å²) < 4.78 is 0. The molecule has 1 aliphatic heterocycles. The second-order valence-corrected chi connectivity index (χ2v) is 7.10. The van der Waals surface area contributed by atoms with Crippen LogP contribution in [0.15, 0.2) is 42.6 Å². The van der Waals surface area contributed by atoms with Gasteiger partial charge in [-0.3, -0.25) is 9.59 Å². The summed E-state index contributed by atoms with van der Waals surface area (Å²) in [5.74, 6) is 0.818. The molecule has 0 saturated carbocycles. The van der Waals surface area contributed by atoms with Crippen LogP contribution in [0.5, 0.6) is 0 Å². The van der Waals surface area contributed by atoms with Crippen molar-refractivity contribution >= 4 is 23.3 Å². The number of aryl methyl sites for hydroxylation is 2. The van der Waals surface area contributed by atoms with E-state index in [0.29, 0.717) is 13.1 Å². The van der Waals surface area contributed by atoms with Gasteiger partial charge in [0.25, 0.3) is 0 Å². The maximum absolute atomic E-state index is 12.9. The van der Waals surface area contributed by atoms with Gasteiger partial charge in [-0.25, -0.2) is 4.98 Å². The van der Waals surface area contributed by atoms with Gasteiger partial charge in [0.1, 0.15) is 12.4 Å². The molecule has 0 spiro atoms. The average molecular weight is 380 g/mol. The molecule has 0 radical (unpaired) electrons. The number of amides is 2. The van der Waals surface area contributed by atoms with E-state index in [1.54, 1.807) is 11.1 Å². The van der Waals surface area contributed by atoms with Gasteiger partial charge >= 0.3 is 0 Å². The lowest BCUT2D eigenvalue weighted by Gasteiger charge is -2.36. The van der Waals surface area contributed by atoms with Crippen LogP contribution in [-0.2, 0) is 16.0 Å². The Bertz CT molecular complexity index is 830. The van der Waals surface area contributed by atoms with Gasteiger partial charge in [0.2, 0.25) is 11.8 Å². The van der Waals surface area contributed by atoms with Crippen LogP contribution in [0.2, 0.25) is 0 Å². The SMILES string of the molecule is CCc1cccc(C)c1N(CC(=O)N1CCN(c2ccccn2)CC1)C(C)=O. The number of carbonyl (C=O) groups is 2. The van der Waals surface area contributed by atoms with Crippen LogP contribution in [-0.4, -0.2) is 54.4 Å². The highest BCUT2D eigenvalue weighted by Gasteiger charge is 2.26. The monoisotopic (exact) mass is 380 g/mol. The van der Waals surface area contributed by atoms with Gasteiger partial charge in [0.15, 0.2) is 0 Å². The van der Waals surface area contributed by atoms with E-state index >= 15 is 0 Å². The quantitative estimate of drug-likeness (QED) is 0.800. The highest BCUT2D eigenvalue weighted by Crippen LogP contribution is 2.26. The number of carbonyl (C=O) groups excluding carboxylic acids is 2. The number of para-hydroxylation sites is 1. The zero-order valence-corrected chi connectivity index (χ0v) is 16.9. The number of anilines is 2. The van der Waals surface area contributed by atoms with Gasteiger partial charge in [-0.05, 0) is 36.6 Å². The number of piperazine rings is 1. The summed E-state index contributed by atoms with van der Waals surface area (Å²) in [5, 5.41) is 0. The minimum atomic E-state index is -0.107. The summed E-state index contributed by atoms with van der Waals surface area (Å²) in [6.45, 7) is 8.41. The van der Waals surface area contributed by atoms with Crippen molar-refractivity contribution in [3.63, 3.8) is 0 Å². The lowest BCUT2D eigenvalue weighted by atomic mass is 10.0. The van der Waals surface area contributed by atoms with Gasteiger partial charge in [0, 0.05) is 39.3 Å². The summed E-state index contributed by atoms with van der Waals surface area (Å²) >= 11 is 0. The molecule has 1 aromatic carbocycles. The third kappa shape index (κ3) is 4.32. The Kier molecular flexibility index (Phi) is 6.29. The molecule has 6 heteroatoms. The maximum atomic E-state index is 12.9. The maximum Gasteiger partial charge on any atom is 0.242 e. The molecule has 0 aliphatic carbocycles. The van der Waals surface area contributed by atoms with Crippen LogP contribution in [0.4, 0.5) is 11.5 Å². The molecule has 1 fully saturated rings. The first kappa shape index (κ1) is 19.9. The molecule has 0 bridgehead atoms. The van der Waals surface area contributed by atoms with Crippen LogP contribution < -0.4 is 9.80 Å². The van der Waals surface area contributed by atoms with Crippen molar-refractivity contribution in [3.8, 4) is 0 Å². The summed E-state index contributed by atoms with van der Waals surface area (Å²) in [5.41, 5.74) is 2.98. The van der Waals surface area contributed by atoms with Crippen molar-refractivity contribution < 1.29 is 9.59 Å². The Morgan fingerprint density at radius 3 is 2.43 bits per heavy atom. The standard InChI is InChI=1S/C22H28N4O2/c1-4-19-9-7-8-17(2)22(19)26(18(3)27)16-21(28)25-14-12-24(13-15-25)20-10-5-6-11-23-20/h5-11H,4,12-16H2,1-3H3. The van der Waals surface area contributed by atoms with Crippen LogP contribution in [0.3, 0.4) is 0 Å². The lowest BCUT2D eigenvalue weighted by molar-refractivity contribution is -0.131. The number of hydrogen-bond acceptors (Lipinski definition) is 4. The Morgan fingerprint density at radius 1 is 1.07 bits per heavy atom. The van der Waals surface area contributed by atoms with Crippen molar-refractivity contribution in [3.05, 3.63) is 53.7 Å². The molecule has 1 aromatic heterocycles. The molecule has 1 aliphatic rings. The van der Waals surface area contributed by atoms with E-state index in [-0.39, 0.29) is 18.4 Å². The number of pyridine rings is 1. The van der Waals surface area contributed by atoms with Crippen molar-refractivity contribution in [2.45, 2.75) is 27.2 Å². The third-order valence-electron chi connectivity index (χ3n) is 5.25. The van der Waals surface area contributed by atoms with Gasteiger partial charge in [0.05, 0.1) is 5.69 Å². The van der Waals surface area contributed by atoms with E-state index < -0.39 is 0 Å². The molecule has 3 rings (SSSR count).